The lowest BCUT2D eigenvalue weighted by atomic mass is 10.0. The zero-order valence-corrected chi connectivity index (χ0v) is 42.1. The average molecular weight is 885 g/mol. The quantitative estimate of drug-likeness (QED) is 0.0262. The Labute approximate surface area is 391 Å². The number of carbonyl (C=O) groups is 3. The largest absolute Gasteiger partial charge is 0.462 e. The number of allylic oxidation sites excluding steroid dienone is 6. The second kappa shape index (κ2) is 52.3. The fraction of sp³-hybridized carbons (Fsp3) is 0.842. The van der Waals surface area contributed by atoms with Gasteiger partial charge in [0.25, 0.3) is 0 Å². The van der Waals surface area contributed by atoms with E-state index in [4.69, 9.17) is 14.2 Å². The van der Waals surface area contributed by atoms with Crippen LogP contribution in [0.25, 0.3) is 0 Å². The maximum absolute atomic E-state index is 12.8. The topological polar surface area (TPSA) is 78.9 Å². The van der Waals surface area contributed by atoms with Gasteiger partial charge in [-0.1, -0.05) is 243 Å². The van der Waals surface area contributed by atoms with Crippen LogP contribution in [0.15, 0.2) is 36.5 Å². The van der Waals surface area contributed by atoms with Crippen molar-refractivity contribution in [3.05, 3.63) is 36.5 Å². The van der Waals surface area contributed by atoms with Gasteiger partial charge in [-0.05, 0) is 64.2 Å². The molecule has 0 saturated carbocycles. The third-order valence-corrected chi connectivity index (χ3v) is 12.1. The van der Waals surface area contributed by atoms with Gasteiger partial charge in [0.2, 0.25) is 0 Å². The summed E-state index contributed by atoms with van der Waals surface area (Å²) >= 11 is 0. The summed E-state index contributed by atoms with van der Waals surface area (Å²) in [6.07, 6.45) is 61.4. The van der Waals surface area contributed by atoms with Gasteiger partial charge in [0.05, 0.1) is 0 Å². The number of unbranched alkanes of at least 4 members (excludes halogenated alkanes) is 33. The lowest BCUT2D eigenvalue weighted by molar-refractivity contribution is -0.167. The fourth-order valence-corrected chi connectivity index (χ4v) is 7.91. The molecule has 0 amide bonds. The molecule has 0 aromatic heterocycles. The third-order valence-electron chi connectivity index (χ3n) is 12.1. The molecule has 0 bridgehead atoms. The second-order valence-electron chi connectivity index (χ2n) is 18.5. The predicted molar refractivity (Wildman–Crippen MR) is 270 cm³/mol. The van der Waals surface area contributed by atoms with Crippen LogP contribution >= 0.6 is 0 Å². The van der Waals surface area contributed by atoms with Crippen molar-refractivity contribution in [2.75, 3.05) is 13.2 Å². The van der Waals surface area contributed by atoms with E-state index < -0.39 is 6.10 Å². The summed E-state index contributed by atoms with van der Waals surface area (Å²) in [7, 11) is 0. The highest BCUT2D eigenvalue weighted by atomic mass is 16.6. The number of esters is 3. The van der Waals surface area contributed by atoms with E-state index in [1.807, 2.05) is 0 Å². The monoisotopic (exact) mass is 885 g/mol. The Morgan fingerprint density at radius 2 is 0.587 bits per heavy atom. The van der Waals surface area contributed by atoms with Crippen molar-refractivity contribution in [2.24, 2.45) is 0 Å². The molecular formula is C57H104O6. The average Bonchev–Trinajstić information content (AvgIpc) is 3.28. The zero-order valence-electron chi connectivity index (χ0n) is 42.1. The Hall–Kier alpha value is -2.37. The lowest BCUT2D eigenvalue weighted by Gasteiger charge is -2.18. The number of hydrogen-bond donors (Lipinski definition) is 0. The van der Waals surface area contributed by atoms with Crippen LogP contribution in [0.1, 0.15) is 290 Å². The van der Waals surface area contributed by atoms with E-state index in [0.29, 0.717) is 19.3 Å². The predicted octanol–water partition coefficient (Wildman–Crippen LogP) is 18.1. The first kappa shape index (κ1) is 60.6. The van der Waals surface area contributed by atoms with Crippen molar-refractivity contribution >= 4 is 17.9 Å². The van der Waals surface area contributed by atoms with Gasteiger partial charge in [0, 0.05) is 19.3 Å². The van der Waals surface area contributed by atoms with E-state index in [1.165, 1.54) is 161 Å². The molecule has 0 saturated heterocycles. The molecule has 0 radical (unpaired) electrons. The van der Waals surface area contributed by atoms with E-state index in [1.54, 1.807) is 0 Å². The summed E-state index contributed by atoms with van der Waals surface area (Å²) in [5.41, 5.74) is 0. The second-order valence-corrected chi connectivity index (χ2v) is 18.5. The van der Waals surface area contributed by atoms with Crippen LogP contribution in [0.5, 0.6) is 0 Å². The van der Waals surface area contributed by atoms with Crippen LogP contribution in [0.2, 0.25) is 0 Å². The molecule has 0 rings (SSSR count). The lowest BCUT2D eigenvalue weighted by Crippen LogP contribution is -2.30. The molecule has 63 heavy (non-hydrogen) atoms. The molecule has 1 unspecified atom stereocenters. The number of hydrogen-bond acceptors (Lipinski definition) is 6. The molecular weight excluding hydrogens is 781 g/mol. The van der Waals surface area contributed by atoms with Gasteiger partial charge in [-0.2, -0.15) is 0 Å². The molecule has 0 aliphatic rings. The van der Waals surface area contributed by atoms with Crippen molar-refractivity contribution in [2.45, 2.75) is 297 Å². The van der Waals surface area contributed by atoms with Gasteiger partial charge >= 0.3 is 17.9 Å². The Bertz CT molecular complexity index is 1060. The minimum Gasteiger partial charge on any atom is -0.462 e. The van der Waals surface area contributed by atoms with Gasteiger partial charge in [0.15, 0.2) is 6.10 Å². The van der Waals surface area contributed by atoms with Crippen LogP contribution in [-0.4, -0.2) is 37.2 Å². The van der Waals surface area contributed by atoms with E-state index in [9.17, 15) is 14.4 Å². The van der Waals surface area contributed by atoms with E-state index in [0.717, 1.165) is 89.9 Å². The smallest absolute Gasteiger partial charge is 0.306 e. The highest BCUT2D eigenvalue weighted by Gasteiger charge is 2.19. The molecule has 0 aliphatic heterocycles. The summed E-state index contributed by atoms with van der Waals surface area (Å²) < 4.78 is 16.8. The van der Waals surface area contributed by atoms with Crippen LogP contribution < -0.4 is 0 Å². The van der Waals surface area contributed by atoms with Gasteiger partial charge in [-0.25, -0.2) is 0 Å². The van der Waals surface area contributed by atoms with E-state index in [-0.39, 0.29) is 31.1 Å². The SMILES string of the molecule is CCCC/C=C\C/C=C\CCCCCCCC(=O)OC(COC(=O)CCCCCCC/C=C\CCCC)COC(=O)CCCCCCCCCCCCCCCCCCCCCC. The molecule has 0 spiro atoms. The number of carbonyl (C=O) groups excluding carboxylic acids is 3. The van der Waals surface area contributed by atoms with Crippen molar-refractivity contribution in [3.8, 4) is 0 Å². The Balaban J connectivity index is 4.28. The molecule has 368 valence electrons. The summed E-state index contributed by atoms with van der Waals surface area (Å²) in [6, 6.07) is 0. The fourth-order valence-electron chi connectivity index (χ4n) is 7.91. The van der Waals surface area contributed by atoms with E-state index in [2.05, 4.69) is 57.2 Å². The first-order valence-electron chi connectivity index (χ1n) is 27.5. The maximum atomic E-state index is 12.8. The van der Waals surface area contributed by atoms with Crippen molar-refractivity contribution in [3.63, 3.8) is 0 Å². The molecule has 6 nitrogen and oxygen atoms in total. The first-order valence-corrected chi connectivity index (χ1v) is 27.5. The molecule has 0 aromatic rings. The first-order chi connectivity index (χ1) is 31.0. The van der Waals surface area contributed by atoms with E-state index >= 15 is 0 Å². The number of ether oxygens (including phenoxy) is 3. The summed E-state index contributed by atoms with van der Waals surface area (Å²) in [4.78, 5) is 38.0. The highest BCUT2D eigenvalue weighted by Crippen LogP contribution is 2.16. The van der Waals surface area contributed by atoms with Crippen LogP contribution in [-0.2, 0) is 28.6 Å². The number of rotatable bonds is 50. The summed E-state index contributed by atoms with van der Waals surface area (Å²) in [6.45, 7) is 6.57. The molecule has 6 heteroatoms. The molecule has 0 aliphatic carbocycles. The van der Waals surface area contributed by atoms with Crippen LogP contribution in [0, 0.1) is 0 Å². The van der Waals surface area contributed by atoms with Crippen LogP contribution in [0.3, 0.4) is 0 Å². The summed E-state index contributed by atoms with van der Waals surface area (Å²) in [5.74, 6) is -0.889. The van der Waals surface area contributed by atoms with Gasteiger partial charge in [-0.3, -0.25) is 14.4 Å². The third kappa shape index (κ3) is 50.5. The molecule has 0 heterocycles. The van der Waals surface area contributed by atoms with Gasteiger partial charge in [-0.15, -0.1) is 0 Å². The minimum atomic E-state index is -0.779. The highest BCUT2D eigenvalue weighted by molar-refractivity contribution is 5.71. The molecule has 0 aromatic carbocycles. The molecule has 1 atom stereocenters. The standard InChI is InChI=1S/C57H104O6/c1-4-7-10-13-16-19-22-24-26-27-28-29-30-31-33-35-38-41-44-47-50-56(59)62-53-54(52-61-55(58)49-46-43-40-37-34-21-18-15-12-9-6-3)63-57(60)51-48-45-42-39-36-32-25-23-20-17-14-11-8-5-2/h14-15,17-18,23,25,54H,4-13,16,19-22,24,26-53H2,1-3H3/b17-14-,18-15-,25-23-. The Morgan fingerprint density at radius 3 is 0.937 bits per heavy atom. The van der Waals surface area contributed by atoms with Crippen molar-refractivity contribution in [1.29, 1.82) is 0 Å². The van der Waals surface area contributed by atoms with Crippen molar-refractivity contribution in [1.82, 2.24) is 0 Å². The van der Waals surface area contributed by atoms with Crippen LogP contribution in [0.4, 0.5) is 0 Å². The van der Waals surface area contributed by atoms with Gasteiger partial charge in [0.1, 0.15) is 13.2 Å². The zero-order chi connectivity index (χ0) is 45.8. The van der Waals surface area contributed by atoms with Gasteiger partial charge < -0.3 is 14.2 Å². The Kier molecular flexibility index (Phi) is 50.3. The maximum Gasteiger partial charge on any atom is 0.306 e. The molecule has 0 N–H and O–H groups in total. The minimum absolute atomic E-state index is 0.0774. The normalized spacial score (nSPS) is 12.2. The summed E-state index contributed by atoms with van der Waals surface area (Å²) in [5, 5.41) is 0. The van der Waals surface area contributed by atoms with Crippen molar-refractivity contribution < 1.29 is 28.6 Å². The molecule has 0 fully saturated rings. The Morgan fingerprint density at radius 1 is 0.317 bits per heavy atom.